The molecule has 1 saturated heterocycles. The zero-order valence-corrected chi connectivity index (χ0v) is 26.3. The van der Waals surface area contributed by atoms with Crippen molar-refractivity contribution in [2.75, 3.05) is 59.5 Å². The van der Waals surface area contributed by atoms with Gasteiger partial charge in [0.2, 0.25) is 15.9 Å². The maximum absolute atomic E-state index is 14.0. The molecule has 1 fully saturated rings. The van der Waals surface area contributed by atoms with Crippen LogP contribution < -0.4 is 10.2 Å². The maximum Gasteiger partial charge on any atom is 0.262 e. The fourth-order valence-corrected chi connectivity index (χ4v) is 6.51. The smallest absolute Gasteiger partial charge is 0.262 e. The number of nitrogens with zero attached hydrogens (tertiary/aromatic N) is 4. The summed E-state index contributed by atoms with van der Waals surface area (Å²) in [5.41, 5.74) is 1.59. The Hall–Kier alpha value is -2.73. The number of nitrogens with one attached hydrogen (secondary N) is 1. The molecule has 236 valence electrons. The molecule has 12 nitrogen and oxygen atoms in total. The van der Waals surface area contributed by atoms with Crippen LogP contribution in [0.4, 0.5) is 0 Å². The number of carbonyl (C=O) groups is 2. The van der Waals surface area contributed by atoms with Crippen LogP contribution in [-0.4, -0.2) is 115 Å². The van der Waals surface area contributed by atoms with E-state index in [-0.39, 0.29) is 36.9 Å². The van der Waals surface area contributed by atoms with Crippen LogP contribution in [0.25, 0.3) is 0 Å². The number of ether oxygens (including phenoxy) is 1. The lowest BCUT2D eigenvalue weighted by atomic mass is 10.00. The molecule has 1 aromatic rings. The van der Waals surface area contributed by atoms with Crippen LogP contribution in [0.15, 0.2) is 29.2 Å². The Balaban J connectivity index is 2.32. The van der Waals surface area contributed by atoms with E-state index in [1.165, 1.54) is 24.3 Å². The number of hydrogen-bond acceptors (Lipinski definition) is 9. The summed E-state index contributed by atoms with van der Waals surface area (Å²) in [6.07, 6.45) is 1.24. The molecule has 0 spiro atoms. The highest BCUT2D eigenvalue weighted by Crippen LogP contribution is 2.26. The van der Waals surface area contributed by atoms with Crippen LogP contribution in [0.5, 0.6) is 5.75 Å². The standard InChI is InChI=1S/C29H47N5O7S/c1-6-7-20-41-25-10-12-26(13-11-25)42(39,40)34(15-9-8-14-32-18-16-31(5)17-19-32)28(29(36)30-37)24(4)22-33(38)27(35)21-23(2)3/h10-13,23-24,28,37-38H,8-9,14-22H2,1-5H3,(H,30,36). The highest BCUT2D eigenvalue weighted by atomic mass is 32.2. The largest absolute Gasteiger partial charge is 0.481 e. The number of unbranched alkanes of at least 4 members (excludes halogenated alkanes) is 1. The molecule has 0 bridgehead atoms. The Morgan fingerprint density at radius 2 is 1.74 bits per heavy atom. The molecule has 2 rings (SSSR count). The number of amides is 2. The summed E-state index contributed by atoms with van der Waals surface area (Å²) in [5, 5.41) is 20.5. The third-order valence-corrected chi connectivity index (χ3v) is 9.07. The maximum atomic E-state index is 14.0. The first-order valence-corrected chi connectivity index (χ1v) is 15.8. The predicted octanol–water partition coefficient (Wildman–Crippen LogP) is 1.88. The van der Waals surface area contributed by atoms with Crippen LogP contribution in [-0.2, 0) is 19.6 Å². The Morgan fingerprint density at radius 1 is 1.10 bits per heavy atom. The molecular formula is C29H47N5O7S. The summed E-state index contributed by atoms with van der Waals surface area (Å²) >= 11 is 0. The third kappa shape index (κ3) is 10.8. The van der Waals surface area contributed by atoms with E-state index in [9.17, 15) is 28.4 Å². The van der Waals surface area contributed by atoms with Gasteiger partial charge in [0.25, 0.3) is 5.91 Å². The van der Waals surface area contributed by atoms with E-state index in [2.05, 4.69) is 28.7 Å². The molecule has 0 aliphatic carbocycles. The van der Waals surface area contributed by atoms with E-state index in [1.807, 2.05) is 13.8 Å². The van der Waals surface area contributed by atoms with Gasteiger partial charge in [-0.15, -0.1) is 5.92 Å². The Kier molecular flexibility index (Phi) is 14.7. The lowest BCUT2D eigenvalue weighted by molar-refractivity contribution is -0.170. The zero-order valence-electron chi connectivity index (χ0n) is 25.5. The number of likely N-dealkylation sites (N-methyl/N-ethyl adjacent to an activating group) is 1. The molecule has 1 aliphatic rings. The minimum absolute atomic E-state index is 0.00265. The van der Waals surface area contributed by atoms with E-state index >= 15 is 0 Å². The van der Waals surface area contributed by atoms with E-state index in [0.717, 1.165) is 37.0 Å². The van der Waals surface area contributed by atoms with Crippen molar-refractivity contribution in [3.63, 3.8) is 0 Å². The van der Waals surface area contributed by atoms with E-state index in [0.29, 0.717) is 23.7 Å². The SMILES string of the molecule is CC#CCOc1ccc(S(=O)(=O)N(CCCCN2CCN(C)CC2)C(C(=O)NO)C(C)CN(O)C(=O)CC(C)C)cc1. The van der Waals surface area contributed by atoms with Crippen LogP contribution in [0.1, 0.15) is 47.0 Å². The first kappa shape index (κ1) is 35.5. The minimum Gasteiger partial charge on any atom is -0.481 e. The van der Waals surface area contributed by atoms with Gasteiger partial charge in [0.1, 0.15) is 18.4 Å². The van der Waals surface area contributed by atoms with Gasteiger partial charge < -0.3 is 14.5 Å². The topological polar surface area (TPSA) is 143 Å². The second-order valence-electron chi connectivity index (χ2n) is 11.1. The molecular weight excluding hydrogens is 562 g/mol. The van der Waals surface area contributed by atoms with E-state index in [1.54, 1.807) is 19.3 Å². The Morgan fingerprint density at radius 3 is 2.31 bits per heavy atom. The van der Waals surface area contributed by atoms with E-state index in [4.69, 9.17) is 4.74 Å². The van der Waals surface area contributed by atoms with Crippen molar-refractivity contribution in [2.45, 2.75) is 57.9 Å². The van der Waals surface area contributed by atoms with Crippen LogP contribution >= 0.6 is 0 Å². The number of carbonyl (C=O) groups excluding carboxylic acids is 2. The van der Waals surface area contributed by atoms with Crippen LogP contribution in [0, 0.1) is 23.7 Å². The second kappa shape index (κ2) is 17.4. The average molecular weight is 610 g/mol. The Labute approximate surface area is 250 Å². The summed E-state index contributed by atoms with van der Waals surface area (Å²) in [5.74, 6) is 3.58. The summed E-state index contributed by atoms with van der Waals surface area (Å²) in [6.45, 7) is 11.3. The van der Waals surface area contributed by atoms with Crippen molar-refractivity contribution < 1.29 is 33.2 Å². The van der Waals surface area contributed by atoms with Crippen molar-refractivity contribution in [2.24, 2.45) is 11.8 Å². The molecule has 0 radical (unpaired) electrons. The summed E-state index contributed by atoms with van der Waals surface area (Å²) in [4.78, 5) is 30.0. The van der Waals surface area contributed by atoms with Gasteiger partial charge in [0.05, 0.1) is 11.4 Å². The van der Waals surface area contributed by atoms with Crippen LogP contribution in [0.2, 0.25) is 0 Å². The van der Waals surface area contributed by atoms with Gasteiger partial charge in [0, 0.05) is 45.1 Å². The molecule has 0 saturated carbocycles. The number of benzene rings is 1. The molecule has 0 aromatic heterocycles. The molecule has 1 heterocycles. The summed E-state index contributed by atoms with van der Waals surface area (Å²) < 4.78 is 34.6. The molecule has 2 atom stereocenters. The predicted molar refractivity (Wildman–Crippen MR) is 158 cm³/mol. The van der Waals surface area contributed by atoms with Crippen molar-refractivity contribution in [1.82, 2.24) is 24.6 Å². The molecule has 13 heteroatoms. The van der Waals surface area contributed by atoms with Gasteiger partial charge in [-0.3, -0.25) is 20.0 Å². The van der Waals surface area contributed by atoms with Gasteiger partial charge in [-0.2, -0.15) is 4.31 Å². The number of hydrogen-bond donors (Lipinski definition) is 3. The van der Waals surface area contributed by atoms with Gasteiger partial charge in [-0.25, -0.2) is 19.0 Å². The first-order chi connectivity index (χ1) is 19.9. The van der Waals surface area contributed by atoms with Crippen molar-refractivity contribution >= 4 is 21.8 Å². The number of hydroxylamine groups is 3. The average Bonchev–Trinajstić information content (AvgIpc) is 2.95. The lowest BCUT2D eigenvalue weighted by Gasteiger charge is -2.35. The van der Waals surface area contributed by atoms with Gasteiger partial charge in [0.15, 0.2) is 0 Å². The highest BCUT2D eigenvalue weighted by Gasteiger charge is 2.40. The fourth-order valence-electron chi connectivity index (χ4n) is 4.79. The molecule has 2 amide bonds. The molecule has 42 heavy (non-hydrogen) atoms. The van der Waals surface area contributed by atoms with Gasteiger partial charge >= 0.3 is 0 Å². The monoisotopic (exact) mass is 609 g/mol. The van der Waals surface area contributed by atoms with Crippen LogP contribution in [0.3, 0.4) is 0 Å². The second-order valence-corrected chi connectivity index (χ2v) is 13.0. The van der Waals surface area contributed by atoms with Gasteiger partial charge in [-0.05, 0) is 63.5 Å². The molecule has 2 unspecified atom stereocenters. The quantitative estimate of drug-likeness (QED) is 0.111. The van der Waals surface area contributed by atoms with E-state index < -0.39 is 33.8 Å². The summed E-state index contributed by atoms with van der Waals surface area (Å²) in [6, 6.07) is 4.41. The van der Waals surface area contributed by atoms with Crippen molar-refractivity contribution in [3.8, 4) is 17.6 Å². The lowest BCUT2D eigenvalue weighted by Crippen LogP contribution is -2.54. The van der Waals surface area contributed by atoms with Gasteiger partial charge in [-0.1, -0.05) is 26.7 Å². The molecule has 1 aromatic carbocycles. The van der Waals surface area contributed by atoms with Crippen molar-refractivity contribution in [3.05, 3.63) is 24.3 Å². The molecule has 1 aliphatic heterocycles. The van der Waals surface area contributed by atoms with Crippen molar-refractivity contribution in [1.29, 1.82) is 0 Å². The first-order valence-electron chi connectivity index (χ1n) is 14.4. The number of piperazine rings is 1. The highest BCUT2D eigenvalue weighted by molar-refractivity contribution is 7.89. The fraction of sp³-hybridized carbons (Fsp3) is 0.655. The molecule has 3 N–H and O–H groups in total. The summed E-state index contributed by atoms with van der Waals surface area (Å²) in [7, 11) is -2.18. The number of rotatable bonds is 16. The number of sulfonamides is 1. The normalized spacial score (nSPS) is 16.0. The minimum atomic E-state index is -4.26. The zero-order chi connectivity index (χ0) is 31.3. The Bertz CT molecular complexity index is 1160. The third-order valence-electron chi connectivity index (χ3n) is 7.18.